The molecule has 1 aliphatic rings. The molecule has 2 atom stereocenters. The number of hydrogen-bond acceptors (Lipinski definition) is 3. The molecule has 45 heavy (non-hydrogen) atoms. The molecule has 3 heterocycles. The number of hydrogen-bond donors (Lipinski definition) is 2. The van der Waals surface area contributed by atoms with E-state index in [1.165, 1.54) is 5.56 Å². The van der Waals surface area contributed by atoms with Gasteiger partial charge in [-0.3, -0.25) is 10.00 Å². The number of quaternary nitrogens is 1. The lowest BCUT2D eigenvalue weighted by atomic mass is 10.1. The van der Waals surface area contributed by atoms with Crippen LogP contribution in [0.5, 0.6) is 0 Å². The molecule has 0 spiro atoms. The second-order valence-corrected chi connectivity index (χ2v) is 12.0. The van der Waals surface area contributed by atoms with Crippen LogP contribution < -0.4 is 5.32 Å². The normalized spacial score (nSPS) is 17.8. The van der Waals surface area contributed by atoms with Crippen LogP contribution in [0.25, 0.3) is 33.3 Å². The van der Waals surface area contributed by atoms with Gasteiger partial charge in [0.15, 0.2) is 0 Å². The Labute approximate surface area is 262 Å². The predicted octanol–water partition coefficient (Wildman–Crippen LogP) is 8.05. The Balaban J connectivity index is 1.06. The lowest BCUT2D eigenvalue weighted by Crippen LogP contribution is -2.61. The number of fused-ring (bicyclic) bond motifs is 1. The number of benzene rings is 4. The Morgan fingerprint density at radius 3 is 2.29 bits per heavy atom. The first-order valence-corrected chi connectivity index (χ1v) is 15.5. The van der Waals surface area contributed by atoms with Crippen LogP contribution in [0.15, 0.2) is 122 Å². The molecule has 1 fully saturated rings. The highest BCUT2D eigenvalue weighted by Gasteiger charge is 2.52. The van der Waals surface area contributed by atoms with Crippen LogP contribution in [-0.2, 0) is 17.8 Å². The molecule has 0 bridgehead atoms. The van der Waals surface area contributed by atoms with E-state index in [0.717, 1.165) is 58.2 Å². The van der Waals surface area contributed by atoms with E-state index in [1.807, 2.05) is 90.6 Å². The fourth-order valence-electron chi connectivity index (χ4n) is 6.57. The van der Waals surface area contributed by atoms with E-state index in [1.54, 1.807) is 0 Å². The number of carbonyl (C=O) groups is 2. The SMILES string of the molecule is C[C@@H]1CCC[N+]1(C(=O)Cc1ccccc1)C(=O)Nc1ccc(-c2cc3cc(-c4cnn(Cc5ccccc5)c4)ccc3[nH]2)cc1. The van der Waals surface area contributed by atoms with Crippen molar-refractivity contribution in [2.45, 2.75) is 38.8 Å². The van der Waals surface area contributed by atoms with Gasteiger partial charge < -0.3 is 4.98 Å². The molecule has 7 nitrogen and oxygen atoms in total. The summed E-state index contributed by atoms with van der Waals surface area (Å²) >= 11 is 0. The first-order chi connectivity index (χ1) is 22.0. The number of amides is 3. The zero-order valence-corrected chi connectivity index (χ0v) is 25.3. The standard InChI is InChI=1S/C38H35N5O2/c1-27-9-8-20-43(27,37(44)21-28-10-4-2-5-11-28)38(45)40-34-17-14-30(15-18-34)36-23-32-22-31(16-19-35(32)41-36)33-24-39-42(26-33)25-29-12-6-3-7-13-29/h2-7,10-19,22-24,26-27,41H,8-9,20-21,25H2,1H3/p+1/t27-,43?/m1/s1. The summed E-state index contributed by atoms with van der Waals surface area (Å²) < 4.78 is 1.80. The van der Waals surface area contributed by atoms with Gasteiger partial charge >= 0.3 is 11.9 Å². The van der Waals surface area contributed by atoms with E-state index in [9.17, 15) is 9.59 Å². The molecule has 3 amide bonds. The molecule has 1 saturated heterocycles. The third-order valence-electron chi connectivity index (χ3n) is 9.11. The van der Waals surface area contributed by atoms with Gasteiger partial charge in [0.25, 0.3) is 0 Å². The molecule has 224 valence electrons. The van der Waals surface area contributed by atoms with Crippen molar-refractivity contribution in [2.75, 3.05) is 11.9 Å². The van der Waals surface area contributed by atoms with Crippen molar-refractivity contribution in [1.29, 1.82) is 0 Å². The fraction of sp³-hybridized carbons (Fsp3) is 0.184. The molecular weight excluding hydrogens is 558 g/mol. The summed E-state index contributed by atoms with van der Waals surface area (Å²) in [6, 6.07) is 36.0. The predicted molar refractivity (Wildman–Crippen MR) is 178 cm³/mol. The Hall–Kier alpha value is -5.27. The van der Waals surface area contributed by atoms with E-state index in [0.29, 0.717) is 12.2 Å². The van der Waals surface area contributed by atoms with Crippen molar-refractivity contribution in [2.24, 2.45) is 0 Å². The Bertz CT molecular complexity index is 1960. The van der Waals surface area contributed by atoms with Gasteiger partial charge in [0.2, 0.25) is 0 Å². The van der Waals surface area contributed by atoms with Crippen LogP contribution in [0.1, 0.15) is 30.9 Å². The van der Waals surface area contributed by atoms with Crippen molar-refractivity contribution in [3.05, 3.63) is 133 Å². The van der Waals surface area contributed by atoms with E-state index >= 15 is 0 Å². The van der Waals surface area contributed by atoms with Crippen molar-refractivity contribution < 1.29 is 14.1 Å². The second-order valence-electron chi connectivity index (χ2n) is 12.0. The summed E-state index contributed by atoms with van der Waals surface area (Å²) in [7, 11) is 0. The molecule has 1 aliphatic heterocycles. The number of rotatable bonds is 7. The zero-order valence-electron chi connectivity index (χ0n) is 25.3. The first-order valence-electron chi connectivity index (χ1n) is 15.5. The molecule has 0 aliphatic carbocycles. The molecular formula is C38H36N5O2+. The van der Waals surface area contributed by atoms with Crippen LogP contribution in [0.4, 0.5) is 10.5 Å². The largest absolute Gasteiger partial charge is 0.428 e. The number of urea groups is 1. The number of nitrogens with zero attached hydrogens (tertiary/aromatic N) is 3. The highest BCUT2D eigenvalue weighted by atomic mass is 16.2. The second kappa shape index (κ2) is 12.0. The van der Waals surface area contributed by atoms with Crippen LogP contribution in [0.2, 0.25) is 0 Å². The van der Waals surface area contributed by atoms with E-state index in [-0.39, 0.29) is 28.9 Å². The number of aromatic nitrogens is 3. The number of anilines is 1. The van der Waals surface area contributed by atoms with Gasteiger partial charge in [-0.05, 0) is 59.5 Å². The van der Waals surface area contributed by atoms with Gasteiger partial charge in [-0.2, -0.15) is 9.58 Å². The Kier molecular flexibility index (Phi) is 7.61. The van der Waals surface area contributed by atoms with Crippen LogP contribution in [0.3, 0.4) is 0 Å². The molecule has 1 unspecified atom stereocenters. The Morgan fingerprint density at radius 2 is 1.58 bits per heavy atom. The summed E-state index contributed by atoms with van der Waals surface area (Å²) in [5.41, 5.74) is 8.07. The van der Waals surface area contributed by atoms with Crippen molar-refractivity contribution >= 4 is 28.5 Å². The van der Waals surface area contributed by atoms with Crippen molar-refractivity contribution in [1.82, 2.24) is 14.8 Å². The summed E-state index contributed by atoms with van der Waals surface area (Å²) in [6.45, 7) is 3.27. The molecule has 0 saturated carbocycles. The average Bonchev–Trinajstić information content (AvgIpc) is 3.81. The van der Waals surface area contributed by atoms with Gasteiger partial charge in [-0.15, -0.1) is 0 Å². The molecule has 0 radical (unpaired) electrons. The number of nitrogens with one attached hydrogen (secondary N) is 2. The highest BCUT2D eigenvalue weighted by molar-refractivity contribution is 5.94. The fourth-order valence-corrected chi connectivity index (χ4v) is 6.57. The highest BCUT2D eigenvalue weighted by Crippen LogP contribution is 2.32. The molecule has 2 aromatic heterocycles. The van der Waals surface area contributed by atoms with Crippen LogP contribution >= 0.6 is 0 Å². The summed E-state index contributed by atoms with van der Waals surface area (Å²) in [5.74, 6) is -0.0543. The number of aromatic amines is 1. The minimum Gasteiger partial charge on any atom is -0.355 e. The number of imide groups is 1. The van der Waals surface area contributed by atoms with Gasteiger partial charge in [0.1, 0.15) is 6.04 Å². The molecule has 4 aromatic carbocycles. The number of carbonyl (C=O) groups excluding carboxylic acids is 2. The summed E-state index contributed by atoms with van der Waals surface area (Å²) in [4.78, 5) is 30.8. The van der Waals surface area contributed by atoms with Crippen molar-refractivity contribution in [3.63, 3.8) is 0 Å². The lowest BCUT2D eigenvalue weighted by molar-refractivity contribution is -0.782. The van der Waals surface area contributed by atoms with E-state index in [4.69, 9.17) is 0 Å². The van der Waals surface area contributed by atoms with Gasteiger partial charge in [-0.25, -0.2) is 9.59 Å². The van der Waals surface area contributed by atoms with E-state index < -0.39 is 0 Å². The minimum absolute atomic E-state index is 0.0543. The maximum atomic E-state index is 13.7. The van der Waals surface area contributed by atoms with Crippen LogP contribution in [0, 0.1) is 0 Å². The van der Waals surface area contributed by atoms with Gasteiger partial charge in [0, 0.05) is 46.9 Å². The smallest absolute Gasteiger partial charge is 0.355 e. The third kappa shape index (κ3) is 5.70. The van der Waals surface area contributed by atoms with Gasteiger partial charge in [0.05, 0.1) is 25.7 Å². The lowest BCUT2D eigenvalue weighted by Gasteiger charge is -2.33. The summed E-state index contributed by atoms with van der Waals surface area (Å²) in [5, 5.41) is 8.75. The molecule has 2 N–H and O–H groups in total. The molecule has 7 rings (SSSR count). The maximum absolute atomic E-state index is 13.7. The zero-order chi connectivity index (χ0) is 30.8. The number of likely N-dealkylation sites (tertiary alicyclic amines) is 1. The van der Waals surface area contributed by atoms with Gasteiger partial charge in [-0.1, -0.05) is 78.9 Å². The van der Waals surface area contributed by atoms with Crippen LogP contribution in [-0.4, -0.2) is 43.8 Å². The Morgan fingerprint density at radius 1 is 0.867 bits per heavy atom. The molecule has 7 heteroatoms. The van der Waals surface area contributed by atoms with E-state index in [2.05, 4.69) is 58.0 Å². The quantitative estimate of drug-likeness (QED) is 0.184. The third-order valence-corrected chi connectivity index (χ3v) is 9.11. The minimum atomic E-state index is -0.251. The number of H-pyrrole nitrogens is 1. The van der Waals surface area contributed by atoms with Crippen molar-refractivity contribution in [3.8, 4) is 22.4 Å². The summed E-state index contributed by atoms with van der Waals surface area (Å²) in [6.07, 6.45) is 5.95. The topological polar surface area (TPSA) is 79.8 Å². The first kappa shape index (κ1) is 28.5. The monoisotopic (exact) mass is 594 g/mol. The molecule has 6 aromatic rings. The maximum Gasteiger partial charge on any atom is 0.428 e. The average molecular weight is 595 g/mol.